The molecule has 0 aliphatic carbocycles. The SMILES string of the molecule is CCOC(=O)/C=C/OC(C#Cc1ccccc1)c1ccc(Cl)cc1. The van der Waals surface area contributed by atoms with Crippen molar-refractivity contribution < 1.29 is 14.3 Å². The molecule has 4 heteroatoms. The number of benzene rings is 2. The number of ether oxygens (including phenoxy) is 2. The van der Waals surface area contributed by atoms with Crippen molar-refractivity contribution in [2.75, 3.05) is 6.61 Å². The zero-order valence-corrected chi connectivity index (χ0v) is 14.0. The number of carbonyl (C=O) groups excluding carboxylic acids is 1. The predicted molar refractivity (Wildman–Crippen MR) is 94.4 cm³/mol. The summed E-state index contributed by atoms with van der Waals surface area (Å²) in [6.07, 6.45) is 2.02. The van der Waals surface area contributed by atoms with Crippen LogP contribution < -0.4 is 0 Å². The van der Waals surface area contributed by atoms with Gasteiger partial charge in [-0.05, 0) is 37.1 Å². The van der Waals surface area contributed by atoms with Gasteiger partial charge in [0, 0.05) is 16.1 Å². The van der Waals surface area contributed by atoms with E-state index in [-0.39, 0.29) is 0 Å². The second kappa shape index (κ2) is 9.44. The molecular formula is C20H17ClO3. The molecule has 0 radical (unpaired) electrons. The van der Waals surface area contributed by atoms with Gasteiger partial charge in [0.2, 0.25) is 0 Å². The number of halogens is 1. The number of hydrogen-bond acceptors (Lipinski definition) is 3. The summed E-state index contributed by atoms with van der Waals surface area (Å²) < 4.78 is 10.4. The van der Waals surface area contributed by atoms with Crippen LogP contribution in [-0.2, 0) is 14.3 Å². The Morgan fingerprint density at radius 2 is 1.88 bits per heavy atom. The Kier molecular flexibility index (Phi) is 6.94. The average molecular weight is 341 g/mol. The van der Waals surface area contributed by atoms with E-state index in [4.69, 9.17) is 21.1 Å². The highest BCUT2D eigenvalue weighted by Crippen LogP contribution is 2.20. The second-order valence-electron chi connectivity index (χ2n) is 4.76. The largest absolute Gasteiger partial charge is 0.480 e. The second-order valence-corrected chi connectivity index (χ2v) is 5.19. The van der Waals surface area contributed by atoms with Crippen LogP contribution in [0.25, 0.3) is 0 Å². The van der Waals surface area contributed by atoms with Crippen LogP contribution in [0.5, 0.6) is 0 Å². The van der Waals surface area contributed by atoms with Crippen molar-refractivity contribution in [3.63, 3.8) is 0 Å². The van der Waals surface area contributed by atoms with E-state index in [1.54, 1.807) is 19.1 Å². The van der Waals surface area contributed by atoms with E-state index in [0.29, 0.717) is 11.6 Å². The van der Waals surface area contributed by atoms with E-state index in [9.17, 15) is 4.79 Å². The standard InChI is InChI=1S/C20H17ClO3/c1-2-23-20(22)14-15-24-19(17-9-11-18(21)12-10-17)13-8-16-6-4-3-5-7-16/h3-7,9-12,14-15,19H,2H2,1H3/b15-14+. The van der Waals surface area contributed by atoms with Gasteiger partial charge in [0.15, 0.2) is 6.10 Å². The number of rotatable bonds is 5. The first-order valence-electron chi connectivity index (χ1n) is 7.50. The third-order valence-corrected chi connectivity index (χ3v) is 3.25. The molecule has 1 atom stereocenters. The molecule has 0 bridgehead atoms. The minimum Gasteiger partial charge on any atom is -0.480 e. The Morgan fingerprint density at radius 3 is 2.54 bits per heavy atom. The molecule has 24 heavy (non-hydrogen) atoms. The fraction of sp³-hybridized carbons (Fsp3) is 0.150. The lowest BCUT2D eigenvalue weighted by molar-refractivity contribution is -0.137. The minimum absolute atomic E-state index is 0.317. The van der Waals surface area contributed by atoms with Crippen LogP contribution in [0.1, 0.15) is 24.2 Å². The molecule has 0 amide bonds. The third kappa shape index (κ3) is 5.83. The molecule has 2 aromatic rings. The molecule has 1 unspecified atom stereocenters. The van der Waals surface area contributed by atoms with Crippen LogP contribution in [0.2, 0.25) is 5.02 Å². The summed E-state index contributed by atoms with van der Waals surface area (Å²) in [7, 11) is 0. The zero-order chi connectivity index (χ0) is 17.2. The molecule has 0 fully saturated rings. The molecule has 0 aliphatic rings. The van der Waals surface area contributed by atoms with Crippen LogP contribution in [0.4, 0.5) is 0 Å². The molecule has 0 saturated heterocycles. The normalized spacial score (nSPS) is 11.4. The smallest absolute Gasteiger partial charge is 0.333 e. The van der Waals surface area contributed by atoms with Crippen molar-refractivity contribution in [1.82, 2.24) is 0 Å². The molecule has 0 spiro atoms. The summed E-state index contributed by atoms with van der Waals surface area (Å²) in [6.45, 7) is 2.06. The van der Waals surface area contributed by atoms with Gasteiger partial charge in [0.25, 0.3) is 0 Å². The fourth-order valence-corrected chi connectivity index (χ4v) is 1.99. The van der Waals surface area contributed by atoms with Crippen LogP contribution >= 0.6 is 11.6 Å². The maximum absolute atomic E-state index is 11.3. The summed E-state index contributed by atoms with van der Waals surface area (Å²) in [5.41, 5.74) is 1.73. The van der Waals surface area contributed by atoms with Gasteiger partial charge in [-0.25, -0.2) is 4.79 Å². The van der Waals surface area contributed by atoms with Gasteiger partial charge >= 0.3 is 5.97 Å². The summed E-state index contributed by atoms with van der Waals surface area (Å²) >= 11 is 5.92. The monoisotopic (exact) mass is 340 g/mol. The van der Waals surface area contributed by atoms with E-state index < -0.39 is 12.1 Å². The van der Waals surface area contributed by atoms with Crippen LogP contribution in [0.15, 0.2) is 66.9 Å². The van der Waals surface area contributed by atoms with Gasteiger partial charge in [-0.1, -0.05) is 47.9 Å². The van der Waals surface area contributed by atoms with Gasteiger partial charge in [0.05, 0.1) is 18.9 Å². The van der Waals surface area contributed by atoms with Crippen LogP contribution in [0, 0.1) is 11.8 Å². The Labute approximate surface area is 146 Å². The van der Waals surface area contributed by atoms with Gasteiger partial charge in [-0.2, -0.15) is 0 Å². The highest BCUT2D eigenvalue weighted by atomic mass is 35.5. The van der Waals surface area contributed by atoms with E-state index in [0.717, 1.165) is 11.1 Å². The van der Waals surface area contributed by atoms with Crippen molar-refractivity contribution in [1.29, 1.82) is 0 Å². The third-order valence-electron chi connectivity index (χ3n) is 3.00. The van der Waals surface area contributed by atoms with Gasteiger partial charge in [-0.3, -0.25) is 0 Å². The highest BCUT2D eigenvalue weighted by molar-refractivity contribution is 6.30. The molecule has 0 heterocycles. The van der Waals surface area contributed by atoms with Gasteiger partial charge in [0.1, 0.15) is 0 Å². The first-order chi connectivity index (χ1) is 11.7. The molecule has 0 aromatic heterocycles. The lowest BCUT2D eigenvalue weighted by Gasteiger charge is -2.11. The molecule has 0 N–H and O–H groups in total. The maximum atomic E-state index is 11.3. The van der Waals surface area contributed by atoms with Crippen molar-refractivity contribution in [2.45, 2.75) is 13.0 Å². The lowest BCUT2D eigenvalue weighted by Crippen LogP contribution is -2.01. The summed E-state index contributed by atoms with van der Waals surface area (Å²) in [5.74, 6) is 5.67. The van der Waals surface area contributed by atoms with Gasteiger partial charge in [-0.15, -0.1) is 0 Å². The fourth-order valence-electron chi connectivity index (χ4n) is 1.87. The van der Waals surface area contributed by atoms with Crippen molar-refractivity contribution in [3.8, 4) is 11.8 Å². The number of carbonyl (C=O) groups is 1. The maximum Gasteiger partial charge on any atom is 0.333 e. The molecule has 3 nitrogen and oxygen atoms in total. The quantitative estimate of drug-likeness (QED) is 0.347. The molecule has 2 aromatic carbocycles. The van der Waals surface area contributed by atoms with Crippen molar-refractivity contribution >= 4 is 17.6 Å². The van der Waals surface area contributed by atoms with E-state index >= 15 is 0 Å². The van der Waals surface area contributed by atoms with Crippen LogP contribution in [0.3, 0.4) is 0 Å². The van der Waals surface area contributed by atoms with Crippen LogP contribution in [-0.4, -0.2) is 12.6 Å². The summed E-state index contributed by atoms with van der Waals surface area (Å²) in [5, 5.41) is 0.635. The Balaban J connectivity index is 2.17. The average Bonchev–Trinajstić information content (AvgIpc) is 2.60. The molecule has 122 valence electrons. The van der Waals surface area contributed by atoms with E-state index in [2.05, 4.69) is 11.8 Å². The van der Waals surface area contributed by atoms with Gasteiger partial charge < -0.3 is 9.47 Å². The highest BCUT2D eigenvalue weighted by Gasteiger charge is 2.08. The Hall–Kier alpha value is -2.70. The topological polar surface area (TPSA) is 35.5 Å². The van der Waals surface area contributed by atoms with E-state index in [1.165, 1.54) is 12.3 Å². The van der Waals surface area contributed by atoms with Crippen molar-refractivity contribution in [2.24, 2.45) is 0 Å². The number of esters is 1. The minimum atomic E-state index is -0.520. The first kappa shape index (κ1) is 17.7. The summed E-state index contributed by atoms with van der Waals surface area (Å²) in [6, 6.07) is 16.8. The predicted octanol–water partition coefficient (Wildman–Crippen LogP) is 4.53. The van der Waals surface area contributed by atoms with Crippen molar-refractivity contribution in [3.05, 3.63) is 83.1 Å². The number of hydrogen-bond donors (Lipinski definition) is 0. The molecule has 2 rings (SSSR count). The molecule has 0 saturated carbocycles. The first-order valence-corrected chi connectivity index (χ1v) is 7.87. The Bertz CT molecular complexity index is 740. The van der Waals surface area contributed by atoms with E-state index in [1.807, 2.05) is 42.5 Å². The Morgan fingerprint density at radius 1 is 1.17 bits per heavy atom. The molecule has 0 aliphatic heterocycles. The molecular weight excluding hydrogens is 324 g/mol. The summed E-state index contributed by atoms with van der Waals surface area (Å²) in [4.78, 5) is 11.3. The lowest BCUT2D eigenvalue weighted by atomic mass is 10.1. The zero-order valence-electron chi connectivity index (χ0n) is 13.2.